The van der Waals surface area contributed by atoms with Crippen LogP contribution in [0.25, 0.3) is 0 Å². The molecule has 6 nitrogen and oxygen atoms in total. The quantitative estimate of drug-likeness (QED) is 0.347. The van der Waals surface area contributed by atoms with Crippen LogP contribution in [-0.4, -0.2) is 31.4 Å². The molecule has 7 heteroatoms. The van der Waals surface area contributed by atoms with Gasteiger partial charge in [-0.15, -0.1) is 0 Å². The number of methoxy groups -OCH3 is 1. The summed E-state index contributed by atoms with van der Waals surface area (Å²) in [5.74, 6) is -0.587. The summed E-state index contributed by atoms with van der Waals surface area (Å²) >= 11 is 1.63. The zero-order valence-electron chi connectivity index (χ0n) is 17.6. The molecule has 0 bridgehead atoms. The maximum Gasteiger partial charge on any atom is 0.306 e. The van der Waals surface area contributed by atoms with E-state index in [9.17, 15) is 14.4 Å². The normalized spacial score (nSPS) is 10.3. The fourth-order valence-corrected chi connectivity index (χ4v) is 3.59. The SMILES string of the molecule is COc1ccc(C(=O)COC(=O)CCC(=O)Nc2ccc(Sc3ccccc3)cc2)cc1. The number of rotatable bonds is 10. The topological polar surface area (TPSA) is 81.7 Å². The fraction of sp³-hybridized carbons (Fsp3) is 0.160. The van der Waals surface area contributed by atoms with E-state index in [-0.39, 0.29) is 31.1 Å². The molecule has 32 heavy (non-hydrogen) atoms. The molecular formula is C25H23NO5S. The maximum absolute atomic E-state index is 12.1. The molecule has 0 heterocycles. The molecule has 0 fully saturated rings. The maximum atomic E-state index is 12.1. The molecule has 0 saturated carbocycles. The third-order valence-electron chi connectivity index (χ3n) is 4.45. The molecule has 0 aliphatic heterocycles. The van der Waals surface area contributed by atoms with Crippen LogP contribution in [0.5, 0.6) is 5.75 Å². The van der Waals surface area contributed by atoms with Crippen LogP contribution in [0.2, 0.25) is 0 Å². The van der Waals surface area contributed by atoms with E-state index in [0.717, 1.165) is 9.79 Å². The van der Waals surface area contributed by atoms with Crippen LogP contribution in [-0.2, 0) is 14.3 Å². The van der Waals surface area contributed by atoms with Gasteiger partial charge < -0.3 is 14.8 Å². The second-order valence-corrected chi connectivity index (χ2v) is 7.95. The van der Waals surface area contributed by atoms with E-state index >= 15 is 0 Å². The first-order chi connectivity index (χ1) is 15.5. The van der Waals surface area contributed by atoms with Crippen LogP contribution in [0.15, 0.2) is 88.7 Å². The molecule has 3 aromatic carbocycles. The Morgan fingerprint density at radius 1 is 0.812 bits per heavy atom. The predicted octanol–water partition coefficient (Wildman–Crippen LogP) is 4.99. The Morgan fingerprint density at radius 3 is 2.12 bits per heavy atom. The molecule has 0 aromatic heterocycles. The molecule has 1 N–H and O–H groups in total. The van der Waals surface area contributed by atoms with Gasteiger partial charge in [0.15, 0.2) is 12.4 Å². The highest BCUT2D eigenvalue weighted by molar-refractivity contribution is 7.99. The van der Waals surface area contributed by atoms with Crippen molar-refractivity contribution in [3.05, 3.63) is 84.4 Å². The second kappa shape index (κ2) is 11.7. The molecule has 0 aliphatic rings. The number of ketones is 1. The molecule has 0 saturated heterocycles. The monoisotopic (exact) mass is 449 g/mol. The lowest BCUT2D eigenvalue weighted by molar-refractivity contribution is -0.143. The molecule has 3 rings (SSSR count). The van der Waals surface area contributed by atoms with Gasteiger partial charge in [-0.25, -0.2) is 0 Å². The van der Waals surface area contributed by atoms with Crippen molar-refractivity contribution in [2.45, 2.75) is 22.6 Å². The van der Waals surface area contributed by atoms with Crippen LogP contribution in [0.4, 0.5) is 5.69 Å². The van der Waals surface area contributed by atoms with Crippen molar-refractivity contribution in [1.82, 2.24) is 0 Å². The largest absolute Gasteiger partial charge is 0.497 e. The van der Waals surface area contributed by atoms with Crippen LogP contribution >= 0.6 is 11.8 Å². The summed E-state index contributed by atoms with van der Waals surface area (Å²) in [6.45, 7) is -0.368. The van der Waals surface area contributed by atoms with E-state index < -0.39 is 5.97 Å². The van der Waals surface area contributed by atoms with Gasteiger partial charge in [-0.05, 0) is 60.7 Å². The number of Topliss-reactive ketones (excluding diaryl/α,β-unsaturated/α-hetero) is 1. The molecule has 3 aromatic rings. The predicted molar refractivity (Wildman–Crippen MR) is 123 cm³/mol. The number of nitrogens with one attached hydrogen (secondary N) is 1. The number of ether oxygens (including phenoxy) is 2. The Balaban J connectivity index is 1.38. The van der Waals surface area contributed by atoms with Crippen molar-refractivity contribution >= 4 is 35.1 Å². The van der Waals surface area contributed by atoms with Gasteiger partial charge in [-0.1, -0.05) is 30.0 Å². The fourth-order valence-electron chi connectivity index (χ4n) is 2.75. The highest BCUT2D eigenvalue weighted by Gasteiger charge is 2.12. The Morgan fingerprint density at radius 2 is 1.47 bits per heavy atom. The number of carbonyl (C=O) groups excluding carboxylic acids is 3. The number of hydrogen-bond donors (Lipinski definition) is 1. The number of carbonyl (C=O) groups is 3. The van der Waals surface area contributed by atoms with Crippen molar-refractivity contribution in [2.24, 2.45) is 0 Å². The zero-order valence-corrected chi connectivity index (χ0v) is 18.4. The van der Waals surface area contributed by atoms with E-state index in [1.807, 2.05) is 54.6 Å². The number of hydrogen-bond acceptors (Lipinski definition) is 6. The third kappa shape index (κ3) is 7.28. The van der Waals surface area contributed by atoms with Crippen molar-refractivity contribution in [2.75, 3.05) is 19.0 Å². The number of amides is 1. The highest BCUT2D eigenvalue weighted by Crippen LogP contribution is 2.28. The van der Waals surface area contributed by atoms with E-state index in [1.165, 1.54) is 7.11 Å². The van der Waals surface area contributed by atoms with Crippen LogP contribution in [0.3, 0.4) is 0 Å². The summed E-state index contributed by atoms with van der Waals surface area (Å²) in [7, 11) is 1.54. The molecule has 0 spiro atoms. The molecular weight excluding hydrogens is 426 g/mol. The Bertz CT molecular complexity index is 1050. The van der Waals surface area contributed by atoms with Crippen molar-refractivity contribution in [1.29, 1.82) is 0 Å². The number of anilines is 1. The lowest BCUT2D eigenvalue weighted by Crippen LogP contribution is -2.17. The third-order valence-corrected chi connectivity index (χ3v) is 5.47. The number of benzene rings is 3. The van der Waals surface area contributed by atoms with Crippen molar-refractivity contribution < 1.29 is 23.9 Å². The Labute approximate surface area is 190 Å². The molecule has 164 valence electrons. The average Bonchev–Trinajstić information content (AvgIpc) is 2.83. The van der Waals surface area contributed by atoms with Gasteiger partial charge in [-0.3, -0.25) is 14.4 Å². The zero-order chi connectivity index (χ0) is 22.8. The van der Waals surface area contributed by atoms with Gasteiger partial charge in [0.1, 0.15) is 5.75 Å². The van der Waals surface area contributed by atoms with Gasteiger partial charge >= 0.3 is 5.97 Å². The molecule has 1 amide bonds. The first-order valence-electron chi connectivity index (χ1n) is 9.99. The van der Waals surface area contributed by atoms with Crippen LogP contribution in [0.1, 0.15) is 23.2 Å². The van der Waals surface area contributed by atoms with Crippen molar-refractivity contribution in [3.8, 4) is 5.75 Å². The summed E-state index contributed by atoms with van der Waals surface area (Å²) in [5, 5.41) is 2.76. The van der Waals surface area contributed by atoms with E-state index in [0.29, 0.717) is 17.0 Å². The van der Waals surface area contributed by atoms with E-state index in [2.05, 4.69) is 5.32 Å². The minimum Gasteiger partial charge on any atom is -0.497 e. The minimum absolute atomic E-state index is 0.0317. The summed E-state index contributed by atoms with van der Waals surface area (Å²) in [5.41, 5.74) is 1.07. The first kappa shape index (κ1) is 23.1. The first-order valence-corrected chi connectivity index (χ1v) is 10.8. The molecule has 0 atom stereocenters. The van der Waals surface area contributed by atoms with Gasteiger partial charge in [-0.2, -0.15) is 0 Å². The minimum atomic E-state index is -0.600. The van der Waals surface area contributed by atoms with Crippen LogP contribution in [0, 0.1) is 0 Å². The molecule has 0 aliphatic carbocycles. The van der Waals surface area contributed by atoms with E-state index in [4.69, 9.17) is 9.47 Å². The Hall–Kier alpha value is -3.58. The van der Waals surface area contributed by atoms with E-state index in [1.54, 1.807) is 36.0 Å². The summed E-state index contributed by atoms with van der Waals surface area (Å²) in [6, 6.07) is 24.0. The summed E-state index contributed by atoms with van der Waals surface area (Å²) in [6.07, 6.45) is -0.139. The lowest BCUT2D eigenvalue weighted by Gasteiger charge is -2.07. The van der Waals surface area contributed by atoms with Gasteiger partial charge in [0.05, 0.1) is 13.5 Å². The average molecular weight is 450 g/mol. The smallest absolute Gasteiger partial charge is 0.306 e. The summed E-state index contributed by atoms with van der Waals surface area (Å²) < 4.78 is 10.0. The van der Waals surface area contributed by atoms with Gasteiger partial charge in [0.2, 0.25) is 5.91 Å². The van der Waals surface area contributed by atoms with Crippen molar-refractivity contribution in [3.63, 3.8) is 0 Å². The van der Waals surface area contributed by atoms with Crippen LogP contribution < -0.4 is 10.1 Å². The molecule has 0 unspecified atom stereocenters. The highest BCUT2D eigenvalue weighted by atomic mass is 32.2. The Kier molecular flexibility index (Phi) is 8.45. The number of esters is 1. The molecule has 0 radical (unpaired) electrons. The van der Waals surface area contributed by atoms with Gasteiger partial charge in [0.25, 0.3) is 0 Å². The lowest BCUT2D eigenvalue weighted by atomic mass is 10.1. The van der Waals surface area contributed by atoms with Gasteiger partial charge in [0, 0.05) is 27.5 Å². The summed E-state index contributed by atoms with van der Waals surface area (Å²) in [4.78, 5) is 38.2. The second-order valence-electron chi connectivity index (χ2n) is 6.80. The standard InChI is InChI=1S/C25H23NO5S/c1-30-20-11-7-18(8-12-20)23(27)17-31-25(29)16-15-24(28)26-19-9-13-22(14-10-19)32-21-5-3-2-4-6-21/h2-14H,15-17H2,1H3,(H,26,28).